The van der Waals surface area contributed by atoms with Crippen LogP contribution in [0.15, 0.2) is 24.3 Å². The first-order valence-corrected chi connectivity index (χ1v) is 5.41. The van der Waals surface area contributed by atoms with Crippen LogP contribution >= 0.6 is 0 Å². The summed E-state index contributed by atoms with van der Waals surface area (Å²) in [6.45, 7) is 1.46. The summed E-state index contributed by atoms with van der Waals surface area (Å²) in [4.78, 5) is 1.47. The summed E-state index contributed by atoms with van der Waals surface area (Å²) < 4.78 is 38.1. The Balaban J connectivity index is 2.89. The van der Waals surface area contributed by atoms with Gasteiger partial charge in [0, 0.05) is 19.3 Å². The number of amidine groups is 1. The molecule has 0 aliphatic rings. The van der Waals surface area contributed by atoms with Gasteiger partial charge in [-0.15, -0.1) is 0 Å². The minimum absolute atomic E-state index is 0.357. The molecule has 0 aliphatic carbocycles. The van der Waals surface area contributed by atoms with Gasteiger partial charge < -0.3 is 10.6 Å². The molecule has 1 unspecified atom stereocenters. The molecule has 0 bridgehead atoms. The third-order valence-corrected chi connectivity index (χ3v) is 2.75. The van der Waals surface area contributed by atoms with Crippen LogP contribution in [0.1, 0.15) is 5.56 Å². The van der Waals surface area contributed by atoms with Crippen LogP contribution in [0.25, 0.3) is 0 Å². The van der Waals surface area contributed by atoms with Gasteiger partial charge in [0.25, 0.3) is 0 Å². The Labute approximate surface area is 104 Å². The van der Waals surface area contributed by atoms with Gasteiger partial charge in [-0.2, -0.15) is 13.2 Å². The van der Waals surface area contributed by atoms with Crippen LogP contribution in [0, 0.1) is 18.3 Å². The normalized spacial score (nSPS) is 13.2. The molecule has 0 radical (unpaired) electrons. The number of nitrogens with one attached hydrogen (secondary N) is 1. The molecule has 0 heterocycles. The second-order valence-electron chi connectivity index (χ2n) is 4.22. The number of hydrogen-bond acceptors (Lipinski definition) is 2. The molecular formula is C12H16F3N3. The van der Waals surface area contributed by atoms with Crippen LogP contribution in [0.5, 0.6) is 0 Å². The van der Waals surface area contributed by atoms with Crippen molar-refractivity contribution in [1.29, 1.82) is 5.41 Å². The number of halogens is 3. The van der Waals surface area contributed by atoms with E-state index in [1.807, 2.05) is 19.1 Å². The summed E-state index contributed by atoms with van der Waals surface area (Å²) in [6, 6.07) is 7.14. The van der Waals surface area contributed by atoms with Gasteiger partial charge in [0.2, 0.25) is 0 Å². The van der Waals surface area contributed by atoms with Crippen molar-refractivity contribution in [2.24, 2.45) is 11.7 Å². The number of nitrogens with two attached hydrogens (primary N) is 1. The molecule has 3 N–H and O–H groups in total. The summed E-state index contributed by atoms with van der Waals surface area (Å²) in [5.41, 5.74) is 6.60. The van der Waals surface area contributed by atoms with Crippen molar-refractivity contribution in [1.82, 2.24) is 0 Å². The number of nitrogens with zero attached hydrogens (tertiary/aromatic N) is 1. The quantitative estimate of drug-likeness (QED) is 0.645. The molecule has 0 spiro atoms. The zero-order valence-electron chi connectivity index (χ0n) is 10.3. The number of aryl methyl sites for hydroxylation is 1. The van der Waals surface area contributed by atoms with E-state index in [4.69, 9.17) is 11.1 Å². The lowest BCUT2D eigenvalue weighted by atomic mass is 10.1. The first-order valence-electron chi connectivity index (χ1n) is 5.41. The predicted molar refractivity (Wildman–Crippen MR) is 65.9 cm³/mol. The molecule has 0 fully saturated rings. The average molecular weight is 259 g/mol. The summed E-state index contributed by atoms with van der Waals surface area (Å²) in [5.74, 6) is -2.80. The van der Waals surface area contributed by atoms with E-state index in [-0.39, 0.29) is 6.54 Å². The average Bonchev–Trinajstić information content (AvgIpc) is 2.24. The number of para-hydroxylation sites is 1. The molecule has 1 atom stereocenters. The molecule has 18 heavy (non-hydrogen) atoms. The van der Waals surface area contributed by atoms with Crippen LogP contribution in [-0.4, -0.2) is 25.6 Å². The number of benzene rings is 1. The van der Waals surface area contributed by atoms with Gasteiger partial charge in [-0.25, -0.2) is 0 Å². The molecule has 1 aromatic carbocycles. The standard InChI is InChI=1S/C12H16F3N3/c1-8-5-3-4-6-10(8)18(2)7-9(11(16)17)12(13,14)15/h3-6,9H,7H2,1-2H3,(H3,16,17). The number of anilines is 1. The lowest BCUT2D eigenvalue weighted by Crippen LogP contribution is -2.43. The minimum Gasteiger partial charge on any atom is -0.387 e. The topological polar surface area (TPSA) is 53.1 Å². The lowest BCUT2D eigenvalue weighted by molar-refractivity contribution is -0.153. The first-order chi connectivity index (χ1) is 8.23. The minimum atomic E-state index is -4.50. The Kier molecular flexibility index (Phi) is 4.21. The van der Waals surface area contributed by atoms with Crippen molar-refractivity contribution in [2.75, 3.05) is 18.5 Å². The summed E-state index contributed by atoms with van der Waals surface area (Å²) in [5, 5.41) is 7.05. The van der Waals surface area contributed by atoms with Crippen molar-refractivity contribution in [2.45, 2.75) is 13.1 Å². The monoisotopic (exact) mass is 259 g/mol. The zero-order valence-corrected chi connectivity index (χ0v) is 10.3. The van der Waals surface area contributed by atoms with E-state index in [1.165, 1.54) is 4.90 Å². The fraction of sp³-hybridized carbons (Fsp3) is 0.417. The van der Waals surface area contributed by atoms with Gasteiger partial charge in [0.15, 0.2) is 0 Å². The molecule has 0 aliphatic heterocycles. The molecule has 3 nitrogen and oxygen atoms in total. The summed E-state index contributed by atoms with van der Waals surface area (Å²) >= 11 is 0. The smallest absolute Gasteiger partial charge is 0.387 e. The lowest BCUT2D eigenvalue weighted by Gasteiger charge is -2.27. The van der Waals surface area contributed by atoms with Crippen LogP contribution < -0.4 is 10.6 Å². The highest BCUT2D eigenvalue weighted by atomic mass is 19.4. The third-order valence-electron chi connectivity index (χ3n) is 2.75. The van der Waals surface area contributed by atoms with Crippen molar-refractivity contribution in [3.8, 4) is 0 Å². The van der Waals surface area contributed by atoms with Gasteiger partial charge in [-0.3, -0.25) is 5.41 Å². The second kappa shape index (κ2) is 5.29. The van der Waals surface area contributed by atoms with Gasteiger partial charge >= 0.3 is 6.18 Å². The highest BCUT2D eigenvalue weighted by Gasteiger charge is 2.42. The Morgan fingerprint density at radius 2 is 1.94 bits per heavy atom. The first kappa shape index (κ1) is 14.3. The van der Waals surface area contributed by atoms with Gasteiger partial charge in [0.1, 0.15) is 11.8 Å². The highest BCUT2D eigenvalue weighted by Crippen LogP contribution is 2.28. The fourth-order valence-corrected chi connectivity index (χ4v) is 1.74. The molecule has 100 valence electrons. The van der Waals surface area contributed by atoms with E-state index in [2.05, 4.69) is 0 Å². The second-order valence-corrected chi connectivity index (χ2v) is 4.22. The maximum atomic E-state index is 12.7. The highest BCUT2D eigenvalue weighted by molar-refractivity contribution is 5.81. The molecule has 0 aromatic heterocycles. The molecule has 0 saturated carbocycles. The van der Waals surface area contributed by atoms with E-state index in [0.29, 0.717) is 5.69 Å². The van der Waals surface area contributed by atoms with Gasteiger partial charge in [-0.05, 0) is 18.6 Å². The number of rotatable bonds is 4. The largest absolute Gasteiger partial charge is 0.400 e. The SMILES string of the molecule is Cc1ccccc1N(C)CC(C(=N)N)C(F)(F)F. The maximum absolute atomic E-state index is 12.7. The summed E-state index contributed by atoms with van der Waals surface area (Å²) in [6.07, 6.45) is -4.50. The number of alkyl halides is 3. The molecule has 0 amide bonds. The zero-order chi connectivity index (χ0) is 13.9. The van der Waals surface area contributed by atoms with Gasteiger partial charge in [-0.1, -0.05) is 18.2 Å². The van der Waals surface area contributed by atoms with Crippen molar-refractivity contribution in [3.05, 3.63) is 29.8 Å². The molecule has 1 aromatic rings. The Morgan fingerprint density at radius 1 is 1.39 bits per heavy atom. The van der Waals surface area contributed by atoms with Crippen LogP contribution in [0.3, 0.4) is 0 Å². The van der Waals surface area contributed by atoms with E-state index in [9.17, 15) is 13.2 Å². The van der Waals surface area contributed by atoms with E-state index in [0.717, 1.165) is 5.56 Å². The Morgan fingerprint density at radius 3 is 2.39 bits per heavy atom. The molecule has 0 saturated heterocycles. The van der Waals surface area contributed by atoms with E-state index in [1.54, 1.807) is 19.2 Å². The third kappa shape index (κ3) is 3.38. The van der Waals surface area contributed by atoms with Crippen molar-refractivity contribution >= 4 is 11.5 Å². The van der Waals surface area contributed by atoms with Crippen molar-refractivity contribution in [3.63, 3.8) is 0 Å². The maximum Gasteiger partial charge on any atom is 0.400 e. The van der Waals surface area contributed by atoms with Crippen molar-refractivity contribution < 1.29 is 13.2 Å². The fourth-order valence-electron chi connectivity index (χ4n) is 1.74. The molecule has 6 heteroatoms. The van der Waals surface area contributed by atoms with E-state index < -0.39 is 17.9 Å². The molecule has 1 rings (SSSR count). The number of hydrogen-bond donors (Lipinski definition) is 2. The van der Waals surface area contributed by atoms with Crippen LogP contribution in [0.2, 0.25) is 0 Å². The van der Waals surface area contributed by atoms with Gasteiger partial charge in [0.05, 0.1) is 0 Å². The van der Waals surface area contributed by atoms with Crippen LogP contribution in [-0.2, 0) is 0 Å². The van der Waals surface area contributed by atoms with E-state index >= 15 is 0 Å². The Bertz CT molecular complexity index is 429. The molecular weight excluding hydrogens is 243 g/mol. The summed E-state index contributed by atoms with van der Waals surface area (Å²) in [7, 11) is 1.56. The Hall–Kier alpha value is -1.72. The van der Waals surface area contributed by atoms with Crippen LogP contribution in [0.4, 0.5) is 18.9 Å². The predicted octanol–water partition coefficient (Wildman–Crippen LogP) is 2.55.